The first kappa shape index (κ1) is 15.0. The van der Waals surface area contributed by atoms with Crippen LogP contribution in [0.15, 0.2) is 0 Å². The summed E-state index contributed by atoms with van der Waals surface area (Å²) >= 11 is 0. The monoisotopic (exact) mass is 255 g/mol. The predicted octanol–water partition coefficient (Wildman–Crippen LogP) is 2.38. The van der Waals surface area contributed by atoms with Gasteiger partial charge in [0.15, 0.2) is 0 Å². The van der Waals surface area contributed by atoms with Crippen LogP contribution >= 0.6 is 0 Å². The predicted molar refractivity (Wildman–Crippen MR) is 70.2 cm³/mol. The second kappa shape index (κ2) is 6.76. The Kier molecular flexibility index (Phi) is 5.63. The maximum absolute atomic E-state index is 12.4. The van der Waals surface area contributed by atoms with Crippen molar-refractivity contribution < 1.29 is 14.7 Å². The Balaban J connectivity index is 2.76. The van der Waals surface area contributed by atoms with Crippen LogP contribution < -0.4 is 0 Å². The molecule has 3 unspecified atom stereocenters. The molecule has 0 spiro atoms. The lowest BCUT2D eigenvalue weighted by atomic mass is 9.94. The van der Waals surface area contributed by atoms with E-state index in [9.17, 15) is 14.7 Å². The number of carbonyl (C=O) groups excluding carboxylic acids is 1. The van der Waals surface area contributed by atoms with Gasteiger partial charge in [-0.05, 0) is 31.6 Å². The standard InChI is InChI=1S/C14H25NO3/c1-4-6-15(7-5-2)13(16)11-8-10(3)9-12(11)14(17)18/h10-12H,4-9H2,1-3H3,(H,17,18). The van der Waals surface area contributed by atoms with Gasteiger partial charge in [0.05, 0.1) is 11.8 Å². The Morgan fingerprint density at radius 3 is 2.06 bits per heavy atom. The Hall–Kier alpha value is -1.06. The molecule has 0 radical (unpaired) electrons. The summed E-state index contributed by atoms with van der Waals surface area (Å²) < 4.78 is 0. The van der Waals surface area contributed by atoms with Crippen LogP contribution in [0.25, 0.3) is 0 Å². The number of nitrogens with zero attached hydrogens (tertiary/aromatic N) is 1. The molecule has 3 atom stereocenters. The van der Waals surface area contributed by atoms with Crippen LogP contribution in [-0.4, -0.2) is 35.0 Å². The lowest BCUT2D eigenvalue weighted by molar-refractivity contribution is -0.149. The molecule has 0 aromatic carbocycles. The zero-order chi connectivity index (χ0) is 13.7. The van der Waals surface area contributed by atoms with Crippen molar-refractivity contribution in [3.8, 4) is 0 Å². The van der Waals surface area contributed by atoms with Crippen molar-refractivity contribution in [3.63, 3.8) is 0 Å². The quantitative estimate of drug-likeness (QED) is 0.792. The first-order valence-corrected chi connectivity index (χ1v) is 7.02. The molecule has 1 fully saturated rings. The van der Waals surface area contributed by atoms with E-state index < -0.39 is 11.9 Å². The molecule has 0 aromatic rings. The summed E-state index contributed by atoms with van der Waals surface area (Å²) in [4.78, 5) is 25.5. The van der Waals surface area contributed by atoms with E-state index in [0.717, 1.165) is 32.4 Å². The minimum Gasteiger partial charge on any atom is -0.481 e. The van der Waals surface area contributed by atoms with Crippen LogP contribution in [0.2, 0.25) is 0 Å². The smallest absolute Gasteiger partial charge is 0.307 e. The summed E-state index contributed by atoms with van der Waals surface area (Å²) in [5, 5.41) is 9.22. The van der Waals surface area contributed by atoms with Gasteiger partial charge in [0.2, 0.25) is 5.91 Å². The largest absolute Gasteiger partial charge is 0.481 e. The van der Waals surface area contributed by atoms with E-state index in [-0.39, 0.29) is 11.8 Å². The Morgan fingerprint density at radius 1 is 1.11 bits per heavy atom. The fourth-order valence-corrected chi connectivity index (χ4v) is 2.94. The summed E-state index contributed by atoms with van der Waals surface area (Å²) in [5.74, 6) is -1.22. The van der Waals surface area contributed by atoms with Gasteiger partial charge < -0.3 is 10.0 Å². The number of carbonyl (C=O) groups is 2. The van der Waals surface area contributed by atoms with Gasteiger partial charge in [-0.1, -0.05) is 20.8 Å². The van der Waals surface area contributed by atoms with Gasteiger partial charge in [0.1, 0.15) is 0 Å². The van der Waals surface area contributed by atoms with Crippen molar-refractivity contribution in [1.82, 2.24) is 4.90 Å². The number of aliphatic carboxylic acids is 1. The van der Waals surface area contributed by atoms with Gasteiger partial charge in [-0.2, -0.15) is 0 Å². The summed E-state index contributed by atoms with van der Waals surface area (Å²) in [7, 11) is 0. The highest BCUT2D eigenvalue weighted by atomic mass is 16.4. The average Bonchev–Trinajstić information content (AvgIpc) is 2.70. The zero-order valence-electron chi connectivity index (χ0n) is 11.7. The van der Waals surface area contributed by atoms with Crippen molar-refractivity contribution in [2.24, 2.45) is 17.8 Å². The van der Waals surface area contributed by atoms with Crippen LogP contribution in [-0.2, 0) is 9.59 Å². The van der Waals surface area contributed by atoms with Gasteiger partial charge in [-0.3, -0.25) is 9.59 Å². The Bertz CT molecular complexity index is 297. The van der Waals surface area contributed by atoms with Crippen molar-refractivity contribution >= 4 is 11.9 Å². The molecule has 1 aliphatic carbocycles. The molecule has 4 heteroatoms. The topological polar surface area (TPSA) is 57.6 Å². The summed E-state index contributed by atoms with van der Waals surface area (Å²) in [5.41, 5.74) is 0. The lowest BCUT2D eigenvalue weighted by Gasteiger charge is -2.26. The highest BCUT2D eigenvalue weighted by Gasteiger charge is 2.42. The number of amides is 1. The van der Waals surface area contributed by atoms with E-state index in [1.165, 1.54) is 0 Å². The third kappa shape index (κ3) is 3.47. The van der Waals surface area contributed by atoms with Crippen LogP contribution in [0.4, 0.5) is 0 Å². The molecule has 1 aliphatic rings. The van der Waals surface area contributed by atoms with E-state index in [1.807, 2.05) is 25.7 Å². The minimum absolute atomic E-state index is 0.0513. The first-order chi connectivity index (χ1) is 8.51. The van der Waals surface area contributed by atoms with E-state index in [1.54, 1.807) is 0 Å². The van der Waals surface area contributed by atoms with Crippen molar-refractivity contribution in [2.45, 2.75) is 46.5 Å². The molecule has 1 rings (SSSR count). The van der Waals surface area contributed by atoms with Crippen molar-refractivity contribution in [1.29, 1.82) is 0 Å². The molecule has 18 heavy (non-hydrogen) atoms. The zero-order valence-corrected chi connectivity index (χ0v) is 11.7. The fraction of sp³-hybridized carbons (Fsp3) is 0.857. The molecule has 4 nitrogen and oxygen atoms in total. The molecule has 0 aliphatic heterocycles. The highest BCUT2D eigenvalue weighted by molar-refractivity contribution is 5.85. The number of carboxylic acids is 1. The fourth-order valence-electron chi connectivity index (χ4n) is 2.94. The van der Waals surface area contributed by atoms with Crippen LogP contribution in [0.3, 0.4) is 0 Å². The Labute approximate surface area is 109 Å². The van der Waals surface area contributed by atoms with Gasteiger partial charge in [0.25, 0.3) is 0 Å². The van der Waals surface area contributed by atoms with E-state index in [2.05, 4.69) is 0 Å². The lowest BCUT2D eigenvalue weighted by Crippen LogP contribution is -2.40. The van der Waals surface area contributed by atoms with Gasteiger partial charge >= 0.3 is 5.97 Å². The average molecular weight is 255 g/mol. The van der Waals surface area contributed by atoms with Crippen LogP contribution in [0.1, 0.15) is 46.5 Å². The minimum atomic E-state index is -0.814. The molecule has 0 heterocycles. The number of hydrogen-bond acceptors (Lipinski definition) is 2. The first-order valence-electron chi connectivity index (χ1n) is 7.02. The van der Waals surface area contributed by atoms with Gasteiger partial charge in [0, 0.05) is 13.1 Å². The second-order valence-corrected chi connectivity index (χ2v) is 5.45. The highest BCUT2D eigenvalue weighted by Crippen LogP contribution is 2.37. The van der Waals surface area contributed by atoms with E-state index >= 15 is 0 Å². The maximum atomic E-state index is 12.4. The number of rotatable bonds is 6. The van der Waals surface area contributed by atoms with E-state index in [4.69, 9.17) is 0 Å². The molecular formula is C14H25NO3. The second-order valence-electron chi connectivity index (χ2n) is 5.45. The van der Waals surface area contributed by atoms with Crippen molar-refractivity contribution in [2.75, 3.05) is 13.1 Å². The summed E-state index contributed by atoms with van der Waals surface area (Å²) in [6.07, 6.45) is 3.20. The molecule has 0 aromatic heterocycles. The molecule has 1 amide bonds. The van der Waals surface area contributed by atoms with Crippen LogP contribution in [0, 0.1) is 17.8 Å². The molecule has 0 saturated heterocycles. The molecule has 1 N–H and O–H groups in total. The third-order valence-corrected chi connectivity index (χ3v) is 3.73. The van der Waals surface area contributed by atoms with E-state index in [0.29, 0.717) is 12.3 Å². The normalized spacial score (nSPS) is 27.2. The molecule has 104 valence electrons. The third-order valence-electron chi connectivity index (χ3n) is 3.73. The molecular weight excluding hydrogens is 230 g/mol. The summed E-state index contributed by atoms with van der Waals surface area (Å²) in [6.45, 7) is 7.60. The number of hydrogen-bond donors (Lipinski definition) is 1. The van der Waals surface area contributed by atoms with Gasteiger partial charge in [-0.25, -0.2) is 0 Å². The molecule has 1 saturated carbocycles. The molecule has 0 bridgehead atoms. The number of carboxylic acid groups (broad SMARTS) is 1. The maximum Gasteiger partial charge on any atom is 0.307 e. The Morgan fingerprint density at radius 2 is 1.61 bits per heavy atom. The van der Waals surface area contributed by atoms with Gasteiger partial charge in [-0.15, -0.1) is 0 Å². The summed E-state index contributed by atoms with van der Waals surface area (Å²) in [6, 6.07) is 0. The van der Waals surface area contributed by atoms with Crippen molar-refractivity contribution in [3.05, 3.63) is 0 Å². The SMILES string of the molecule is CCCN(CCC)C(=O)C1CC(C)CC1C(=O)O. The van der Waals surface area contributed by atoms with Crippen LogP contribution in [0.5, 0.6) is 0 Å².